The number of hydrogen-bond donors (Lipinski definition) is 0. The first kappa shape index (κ1) is 23.4. The Bertz CT molecular complexity index is 1010. The number of thioether (sulfide) groups is 1. The van der Waals surface area contributed by atoms with E-state index in [1.54, 1.807) is 31.2 Å². The highest BCUT2D eigenvalue weighted by Gasteiger charge is 2.34. The van der Waals surface area contributed by atoms with E-state index in [2.05, 4.69) is 4.74 Å². The topological polar surface area (TPSA) is 74.3 Å². The second-order valence-corrected chi connectivity index (χ2v) is 7.34. The Morgan fingerprint density at radius 1 is 1.03 bits per heavy atom. The predicted molar refractivity (Wildman–Crippen MR) is 115 cm³/mol. The molecular formula is C22H21F2NO6S. The minimum atomic E-state index is -2.99. The molecule has 10 heteroatoms. The molecule has 1 heterocycles. The molecule has 32 heavy (non-hydrogen) atoms. The zero-order valence-electron chi connectivity index (χ0n) is 17.4. The molecular weight excluding hydrogens is 444 g/mol. The number of nitrogens with zero attached hydrogens (tertiary/aromatic N) is 1. The smallest absolute Gasteiger partial charge is 0.387 e. The van der Waals surface area contributed by atoms with E-state index >= 15 is 0 Å². The fraction of sp³-hybridized carbons (Fsp3) is 0.273. The average Bonchev–Trinajstić information content (AvgIpc) is 3.03. The summed E-state index contributed by atoms with van der Waals surface area (Å²) < 4.78 is 45.7. The lowest BCUT2D eigenvalue weighted by atomic mass is 10.2. The number of methoxy groups -OCH3 is 1. The largest absolute Gasteiger partial charge is 0.493 e. The number of alkyl halides is 2. The third-order valence-electron chi connectivity index (χ3n) is 4.30. The Kier molecular flexibility index (Phi) is 7.93. The van der Waals surface area contributed by atoms with Crippen molar-refractivity contribution in [1.29, 1.82) is 0 Å². The van der Waals surface area contributed by atoms with E-state index in [-0.39, 0.29) is 36.2 Å². The minimum Gasteiger partial charge on any atom is -0.493 e. The van der Waals surface area contributed by atoms with Crippen molar-refractivity contribution >= 4 is 29.0 Å². The van der Waals surface area contributed by atoms with Crippen molar-refractivity contribution < 1.29 is 37.3 Å². The van der Waals surface area contributed by atoms with Gasteiger partial charge in [-0.2, -0.15) is 8.78 Å². The first-order valence-electron chi connectivity index (χ1n) is 9.65. The van der Waals surface area contributed by atoms with Gasteiger partial charge in [0.2, 0.25) is 0 Å². The Balaban J connectivity index is 1.69. The summed E-state index contributed by atoms with van der Waals surface area (Å²) in [4.78, 5) is 26.3. The van der Waals surface area contributed by atoms with E-state index in [0.29, 0.717) is 17.1 Å². The highest BCUT2D eigenvalue weighted by Crippen LogP contribution is 2.35. The summed E-state index contributed by atoms with van der Waals surface area (Å²) in [6.07, 6.45) is 1.50. The minimum absolute atomic E-state index is 0.0609. The van der Waals surface area contributed by atoms with Crippen molar-refractivity contribution in [2.45, 2.75) is 13.5 Å². The zero-order chi connectivity index (χ0) is 23.1. The summed E-state index contributed by atoms with van der Waals surface area (Å²) >= 11 is 0.791. The molecule has 0 radical (unpaired) electrons. The zero-order valence-corrected chi connectivity index (χ0v) is 18.2. The van der Waals surface area contributed by atoms with Crippen molar-refractivity contribution in [2.24, 2.45) is 0 Å². The number of halogens is 2. The number of ether oxygens (including phenoxy) is 4. The quantitative estimate of drug-likeness (QED) is 0.466. The van der Waals surface area contributed by atoms with Gasteiger partial charge in [-0.3, -0.25) is 14.5 Å². The molecule has 0 N–H and O–H groups in total. The van der Waals surface area contributed by atoms with Crippen LogP contribution in [0.4, 0.5) is 13.6 Å². The molecule has 170 valence electrons. The third kappa shape index (κ3) is 5.70. The lowest BCUT2D eigenvalue weighted by molar-refractivity contribution is -0.123. The van der Waals surface area contributed by atoms with E-state index < -0.39 is 17.8 Å². The Hall–Kier alpha value is -3.27. The number of benzene rings is 2. The fourth-order valence-electron chi connectivity index (χ4n) is 2.91. The van der Waals surface area contributed by atoms with Gasteiger partial charge in [0.1, 0.15) is 6.61 Å². The van der Waals surface area contributed by atoms with Crippen LogP contribution in [0.2, 0.25) is 0 Å². The van der Waals surface area contributed by atoms with Crippen molar-refractivity contribution in [2.75, 3.05) is 26.9 Å². The molecule has 1 saturated heterocycles. The molecule has 2 aromatic rings. The van der Waals surface area contributed by atoms with Gasteiger partial charge in [-0.05, 0) is 54.6 Å². The SMILES string of the molecule is CCOc1cc(/C=C2\SC(=O)N(CCOc3ccccc3OC)C2=O)ccc1OC(F)F. The Morgan fingerprint density at radius 2 is 1.78 bits per heavy atom. The molecule has 0 spiro atoms. The van der Waals surface area contributed by atoms with Crippen LogP contribution >= 0.6 is 11.8 Å². The van der Waals surface area contributed by atoms with Crippen LogP contribution in [0.15, 0.2) is 47.4 Å². The van der Waals surface area contributed by atoms with Gasteiger partial charge in [-0.1, -0.05) is 18.2 Å². The summed E-state index contributed by atoms with van der Waals surface area (Å²) in [6.45, 7) is -0.886. The molecule has 1 aliphatic heterocycles. The van der Waals surface area contributed by atoms with E-state index in [0.717, 1.165) is 16.7 Å². The van der Waals surface area contributed by atoms with Crippen LogP contribution in [0.1, 0.15) is 12.5 Å². The summed E-state index contributed by atoms with van der Waals surface area (Å²) in [7, 11) is 1.52. The van der Waals surface area contributed by atoms with Crippen LogP contribution in [0.3, 0.4) is 0 Å². The molecule has 2 aromatic carbocycles. The Morgan fingerprint density at radius 3 is 2.47 bits per heavy atom. The molecule has 0 unspecified atom stereocenters. The number of carbonyl (C=O) groups excluding carboxylic acids is 2. The number of para-hydroxylation sites is 2. The average molecular weight is 465 g/mol. The standard InChI is InChI=1S/C22H21F2NO6S/c1-3-29-18-12-14(8-9-17(18)31-21(23)24)13-19-20(26)25(22(27)32-19)10-11-30-16-7-5-4-6-15(16)28-2/h4-9,12-13,21H,3,10-11H2,1-2H3/b19-13-. The molecule has 0 atom stereocenters. The number of rotatable bonds is 10. The summed E-state index contributed by atoms with van der Waals surface area (Å²) in [5.41, 5.74) is 0.505. The second kappa shape index (κ2) is 10.9. The maximum absolute atomic E-state index is 12.7. The molecule has 0 aliphatic carbocycles. The van der Waals surface area contributed by atoms with Gasteiger partial charge in [0.15, 0.2) is 23.0 Å². The number of hydrogen-bond acceptors (Lipinski definition) is 7. The van der Waals surface area contributed by atoms with Crippen LogP contribution in [-0.4, -0.2) is 49.5 Å². The van der Waals surface area contributed by atoms with Crippen LogP contribution in [0, 0.1) is 0 Å². The van der Waals surface area contributed by atoms with Crippen LogP contribution in [0.5, 0.6) is 23.0 Å². The van der Waals surface area contributed by atoms with Crippen LogP contribution < -0.4 is 18.9 Å². The highest BCUT2D eigenvalue weighted by atomic mass is 32.2. The Labute approximate surface area is 187 Å². The van der Waals surface area contributed by atoms with Crippen LogP contribution in [-0.2, 0) is 4.79 Å². The second-order valence-electron chi connectivity index (χ2n) is 6.35. The van der Waals surface area contributed by atoms with E-state index in [1.165, 1.54) is 31.4 Å². The fourth-order valence-corrected chi connectivity index (χ4v) is 3.77. The molecule has 1 fully saturated rings. The van der Waals surface area contributed by atoms with E-state index in [4.69, 9.17) is 14.2 Å². The molecule has 0 bridgehead atoms. The van der Waals surface area contributed by atoms with Crippen molar-refractivity contribution in [3.8, 4) is 23.0 Å². The predicted octanol–water partition coefficient (Wildman–Crippen LogP) is 4.81. The lowest BCUT2D eigenvalue weighted by Gasteiger charge is -2.14. The highest BCUT2D eigenvalue weighted by molar-refractivity contribution is 8.18. The van der Waals surface area contributed by atoms with Crippen molar-refractivity contribution in [3.05, 3.63) is 52.9 Å². The van der Waals surface area contributed by atoms with E-state index in [1.807, 2.05) is 0 Å². The molecule has 7 nitrogen and oxygen atoms in total. The van der Waals surface area contributed by atoms with Crippen molar-refractivity contribution in [1.82, 2.24) is 4.90 Å². The van der Waals surface area contributed by atoms with Gasteiger partial charge >= 0.3 is 6.61 Å². The third-order valence-corrected chi connectivity index (χ3v) is 5.20. The summed E-state index contributed by atoms with van der Waals surface area (Å²) in [6, 6.07) is 11.4. The van der Waals surface area contributed by atoms with Crippen LogP contribution in [0.25, 0.3) is 6.08 Å². The maximum atomic E-state index is 12.7. The van der Waals surface area contributed by atoms with Gasteiger partial charge in [0.05, 0.1) is 25.2 Å². The summed E-state index contributed by atoms with van der Waals surface area (Å²) in [5, 5.41) is -0.424. The number of carbonyl (C=O) groups is 2. The monoisotopic (exact) mass is 465 g/mol. The number of amides is 2. The first-order valence-corrected chi connectivity index (χ1v) is 10.5. The molecule has 1 aliphatic rings. The first-order chi connectivity index (χ1) is 15.4. The summed E-state index contributed by atoms with van der Waals surface area (Å²) in [5.74, 6) is 0.596. The lowest BCUT2D eigenvalue weighted by Crippen LogP contribution is -2.32. The maximum Gasteiger partial charge on any atom is 0.387 e. The molecule has 0 aromatic heterocycles. The molecule has 3 rings (SSSR count). The van der Waals surface area contributed by atoms with Gasteiger partial charge in [-0.25, -0.2) is 0 Å². The van der Waals surface area contributed by atoms with Gasteiger partial charge in [0.25, 0.3) is 11.1 Å². The van der Waals surface area contributed by atoms with Crippen molar-refractivity contribution in [3.63, 3.8) is 0 Å². The normalized spacial score (nSPS) is 14.9. The molecule has 0 saturated carbocycles. The molecule has 2 amide bonds. The van der Waals surface area contributed by atoms with Gasteiger partial charge in [0, 0.05) is 0 Å². The van der Waals surface area contributed by atoms with E-state index in [9.17, 15) is 18.4 Å². The number of imide groups is 1. The van der Waals surface area contributed by atoms with Gasteiger partial charge < -0.3 is 18.9 Å². The van der Waals surface area contributed by atoms with Gasteiger partial charge in [-0.15, -0.1) is 0 Å².